The van der Waals surface area contributed by atoms with Gasteiger partial charge in [-0.15, -0.1) is 0 Å². The van der Waals surface area contributed by atoms with Crippen LogP contribution in [0.15, 0.2) is 64.8 Å². The molecule has 0 bridgehead atoms. The van der Waals surface area contributed by atoms with Crippen LogP contribution < -0.4 is 4.74 Å². The molecule has 1 atom stereocenters. The Hall–Kier alpha value is -2.50. The Morgan fingerprint density at radius 3 is 2.64 bits per heavy atom. The van der Waals surface area contributed by atoms with E-state index in [0.29, 0.717) is 42.2 Å². The molecular formula is C24H23Cl2N3O5S2. The third-order valence-corrected chi connectivity index (χ3v) is 9.14. The minimum Gasteiger partial charge on any atom is -0.493 e. The van der Waals surface area contributed by atoms with Gasteiger partial charge in [0.1, 0.15) is 10.6 Å². The summed E-state index contributed by atoms with van der Waals surface area (Å²) in [5.74, 6) is 0.545. The van der Waals surface area contributed by atoms with Crippen molar-refractivity contribution < 1.29 is 22.1 Å². The number of hydrogen-bond acceptors (Lipinski definition) is 7. The number of methoxy groups -OCH3 is 1. The van der Waals surface area contributed by atoms with E-state index < -0.39 is 20.8 Å². The molecule has 4 aromatic rings. The topological polar surface area (TPSA) is 100 Å². The lowest BCUT2D eigenvalue weighted by atomic mass is 10.2. The van der Waals surface area contributed by atoms with Gasteiger partial charge in [-0.25, -0.2) is 17.4 Å². The Morgan fingerprint density at radius 2 is 1.86 bits per heavy atom. The van der Waals surface area contributed by atoms with E-state index in [-0.39, 0.29) is 31.4 Å². The molecule has 1 unspecified atom stereocenters. The summed E-state index contributed by atoms with van der Waals surface area (Å²) in [6.07, 6.45) is 2.28. The number of imidazole rings is 1. The first-order valence-electron chi connectivity index (χ1n) is 10.9. The van der Waals surface area contributed by atoms with Crippen molar-refractivity contribution in [3.05, 3.63) is 76.0 Å². The van der Waals surface area contributed by atoms with Gasteiger partial charge in [0, 0.05) is 36.9 Å². The van der Waals surface area contributed by atoms with Crippen LogP contribution in [-0.4, -0.2) is 46.9 Å². The quantitative estimate of drug-likeness (QED) is 0.248. The smallest absolute Gasteiger partial charge is 0.271 e. The molecule has 0 saturated heterocycles. The summed E-state index contributed by atoms with van der Waals surface area (Å²) in [6.45, 7) is 2.84. The SMILES string of the molecule is COCCCOc1ccnc(CS(=O)c2nc3ccccc3n2S(=O)(=O)c2cc(Cl)ccc2Cl)c1C. The highest BCUT2D eigenvalue weighted by atomic mass is 35.5. The number of ether oxygens (including phenoxy) is 2. The van der Waals surface area contributed by atoms with Crippen LogP contribution in [-0.2, 0) is 31.3 Å². The number of rotatable bonds is 10. The van der Waals surface area contributed by atoms with Crippen LogP contribution >= 0.6 is 23.2 Å². The molecule has 2 aromatic carbocycles. The Bertz CT molecular complexity index is 1540. The van der Waals surface area contributed by atoms with Crippen LogP contribution in [0.4, 0.5) is 0 Å². The lowest BCUT2D eigenvalue weighted by Gasteiger charge is -2.13. The van der Waals surface area contributed by atoms with Crippen LogP contribution in [0, 0.1) is 6.92 Å². The van der Waals surface area contributed by atoms with E-state index in [2.05, 4.69) is 9.97 Å². The van der Waals surface area contributed by atoms with Gasteiger partial charge in [-0.05, 0) is 43.3 Å². The van der Waals surface area contributed by atoms with Gasteiger partial charge in [0.25, 0.3) is 10.0 Å². The Labute approximate surface area is 221 Å². The maximum atomic E-state index is 13.8. The Kier molecular flexibility index (Phi) is 8.31. The van der Waals surface area contributed by atoms with Crippen molar-refractivity contribution in [1.29, 1.82) is 0 Å². The second-order valence-corrected chi connectivity index (χ2v) is 11.7. The molecule has 4 rings (SSSR count). The van der Waals surface area contributed by atoms with E-state index in [1.165, 1.54) is 18.2 Å². The molecule has 0 saturated carbocycles. The van der Waals surface area contributed by atoms with E-state index in [1.807, 2.05) is 6.92 Å². The number of pyridine rings is 1. The minimum absolute atomic E-state index is 0.00949. The van der Waals surface area contributed by atoms with Crippen molar-refractivity contribution in [3.63, 3.8) is 0 Å². The predicted molar refractivity (Wildman–Crippen MR) is 140 cm³/mol. The van der Waals surface area contributed by atoms with Gasteiger partial charge in [-0.1, -0.05) is 35.3 Å². The maximum Gasteiger partial charge on any atom is 0.271 e. The zero-order valence-electron chi connectivity index (χ0n) is 19.5. The van der Waals surface area contributed by atoms with Crippen molar-refractivity contribution in [3.8, 4) is 5.75 Å². The zero-order chi connectivity index (χ0) is 25.9. The van der Waals surface area contributed by atoms with Crippen LogP contribution in [0.1, 0.15) is 17.7 Å². The molecule has 8 nitrogen and oxygen atoms in total. The fraction of sp³-hybridized carbons (Fsp3) is 0.250. The highest BCUT2D eigenvalue weighted by molar-refractivity contribution is 7.91. The molecule has 0 amide bonds. The number of halogens is 2. The van der Waals surface area contributed by atoms with Crippen molar-refractivity contribution >= 4 is 55.1 Å². The molecule has 0 N–H and O–H groups in total. The first-order chi connectivity index (χ1) is 17.2. The number of hydrogen-bond donors (Lipinski definition) is 0. The summed E-state index contributed by atoms with van der Waals surface area (Å²) >= 11 is 12.3. The molecule has 2 heterocycles. The fourth-order valence-corrected chi connectivity index (χ4v) is 7.36. The standard InChI is InChI=1S/C24H23Cl2N3O5S2/c1-16-20(27-11-10-22(16)34-13-5-12-33-2)15-35(30)24-28-19-6-3-4-7-21(19)29(24)36(31,32)23-14-17(25)8-9-18(23)26/h3-4,6-11,14H,5,12-13,15H2,1-2H3. The zero-order valence-corrected chi connectivity index (χ0v) is 22.6. The van der Waals surface area contributed by atoms with E-state index >= 15 is 0 Å². The van der Waals surface area contributed by atoms with Crippen LogP contribution in [0.3, 0.4) is 0 Å². The van der Waals surface area contributed by atoms with Gasteiger partial charge < -0.3 is 9.47 Å². The Balaban J connectivity index is 1.74. The van der Waals surface area contributed by atoms with Gasteiger partial charge in [0.2, 0.25) is 5.16 Å². The summed E-state index contributed by atoms with van der Waals surface area (Å²) in [7, 11) is -4.55. The lowest BCUT2D eigenvalue weighted by molar-refractivity contribution is 0.172. The van der Waals surface area contributed by atoms with E-state index in [1.54, 1.807) is 43.6 Å². The van der Waals surface area contributed by atoms with Gasteiger partial charge in [-0.3, -0.25) is 9.19 Å². The number of para-hydroxylation sites is 2. The molecule has 0 spiro atoms. The average molecular weight is 569 g/mol. The number of fused-ring (bicyclic) bond motifs is 1. The molecule has 0 fully saturated rings. The summed E-state index contributed by atoms with van der Waals surface area (Å²) in [5, 5.41) is 0.0526. The predicted octanol–water partition coefficient (Wildman–Crippen LogP) is 5.01. The third kappa shape index (κ3) is 5.42. The summed E-state index contributed by atoms with van der Waals surface area (Å²) in [5.41, 5.74) is 1.88. The number of benzene rings is 2. The largest absolute Gasteiger partial charge is 0.493 e. The third-order valence-electron chi connectivity index (χ3n) is 5.38. The number of aromatic nitrogens is 3. The first-order valence-corrected chi connectivity index (χ1v) is 14.4. The number of nitrogens with zero attached hydrogens (tertiary/aromatic N) is 3. The van der Waals surface area contributed by atoms with Crippen LogP contribution in [0.5, 0.6) is 5.75 Å². The minimum atomic E-state index is -4.29. The van der Waals surface area contributed by atoms with E-state index in [4.69, 9.17) is 32.7 Å². The second kappa shape index (κ2) is 11.3. The van der Waals surface area contributed by atoms with Crippen molar-refractivity contribution in [2.24, 2.45) is 0 Å². The van der Waals surface area contributed by atoms with Crippen molar-refractivity contribution in [1.82, 2.24) is 13.9 Å². The molecule has 0 radical (unpaired) electrons. The highest BCUT2D eigenvalue weighted by Gasteiger charge is 2.29. The monoisotopic (exact) mass is 567 g/mol. The van der Waals surface area contributed by atoms with Gasteiger partial charge in [0.05, 0.1) is 44.9 Å². The lowest BCUT2D eigenvalue weighted by Crippen LogP contribution is -2.18. The summed E-state index contributed by atoms with van der Waals surface area (Å²) in [6, 6.07) is 12.5. The van der Waals surface area contributed by atoms with Gasteiger partial charge >= 0.3 is 0 Å². The summed E-state index contributed by atoms with van der Waals surface area (Å²) in [4.78, 5) is 8.56. The molecule has 190 valence electrons. The van der Waals surface area contributed by atoms with Crippen molar-refractivity contribution in [2.45, 2.75) is 29.1 Å². The fourth-order valence-electron chi connectivity index (χ4n) is 3.57. The molecule has 0 aliphatic rings. The average Bonchev–Trinajstić information content (AvgIpc) is 3.26. The van der Waals surface area contributed by atoms with Crippen LogP contribution in [0.2, 0.25) is 10.0 Å². The van der Waals surface area contributed by atoms with E-state index in [9.17, 15) is 12.6 Å². The molecule has 12 heteroatoms. The molecule has 0 aliphatic heterocycles. The summed E-state index contributed by atoms with van der Waals surface area (Å²) < 4.78 is 52.9. The van der Waals surface area contributed by atoms with Gasteiger partial charge in [0.15, 0.2) is 0 Å². The highest BCUT2D eigenvalue weighted by Crippen LogP contribution is 2.32. The normalized spacial score (nSPS) is 12.7. The molecule has 0 aliphatic carbocycles. The van der Waals surface area contributed by atoms with E-state index in [0.717, 1.165) is 3.97 Å². The molecular weight excluding hydrogens is 545 g/mol. The molecule has 2 aromatic heterocycles. The van der Waals surface area contributed by atoms with Crippen molar-refractivity contribution in [2.75, 3.05) is 20.3 Å². The second-order valence-electron chi connectivity index (χ2n) is 7.79. The maximum absolute atomic E-state index is 13.8. The van der Waals surface area contributed by atoms with Gasteiger partial charge in [-0.2, -0.15) is 0 Å². The Morgan fingerprint density at radius 1 is 1.08 bits per heavy atom. The van der Waals surface area contributed by atoms with Crippen LogP contribution in [0.25, 0.3) is 11.0 Å². The first kappa shape index (κ1) is 26.6. The molecule has 36 heavy (non-hydrogen) atoms.